The largest absolute Gasteiger partial charge is 0.486 e. The van der Waals surface area contributed by atoms with Gasteiger partial charge in [-0.25, -0.2) is 4.79 Å². The molecule has 4 nitrogen and oxygen atoms in total. The number of rotatable bonds is 5. The fourth-order valence-electron chi connectivity index (χ4n) is 1.49. The molecule has 0 atom stereocenters. The Bertz CT molecular complexity index is 617. The Morgan fingerprint density at radius 2 is 1.71 bits per heavy atom. The SMILES string of the molecule is CC(C)(C)OC(=O)c1cc(C=O)ccc1OCC(F)(F)C(F)(F)F. The lowest BCUT2D eigenvalue weighted by atomic mass is 10.1. The Morgan fingerprint density at radius 3 is 2.17 bits per heavy atom. The van der Waals surface area contributed by atoms with Crippen molar-refractivity contribution in [3.05, 3.63) is 29.3 Å². The predicted molar refractivity (Wildman–Crippen MR) is 73.5 cm³/mol. The predicted octanol–water partition coefficient (Wildman–Crippen LogP) is 4.03. The normalized spacial score (nSPS) is 12.7. The summed E-state index contributed by atoms with van der Waals surface area (Å²) in [7, 11) is 0. The van der Waals surface area contributed by atoms with Crippen LogP contribution in [-0.2, 0) is 4.74 Å². The van der Waals surface area contributed by atoms with E-state index in [-0.39, 0.29) is 5.56 Å². The van der Waals surface area contributed by atoms with E-state index in [2.05, 4.69) is 4.74 Å². The van der Waals surface area contributed by atoms with E-state index in [1.54, 1.807) is 0 Å². The van der Waals surface area contributed by atoms with Gasteiger partial charge in [0, 0.05) is 5.56 Å². The van der Waals surface area contributed by atoms with Gasteiger partial charge >= 0.3 is 18.1 Å². The average Bonchev–Trinajstić information content (AvgIpc) is 2.42. The molecule has 0 spiro atoms. The van der Waals surface area contributed by atoms with Crippen LogP contribution in [0.4, 0.5) is 22.0 Å². The van der Waals surface area contributed by atoms with E-state index in [1.807, 2.05) is 0 Å². The van der Waals surface area contributed by atoms with Gasteiger partial charge in [0.25, 0.3) is 0 Å². The van der Waals surface area contributed by atoms with Gasteiger partial charge in [0.05, 0.1) is 0 Å². The Morgan fingerprint density at radius 1 is 1.12 bits per heavy atom. The number of hydrogen-bond donors (Lipinski definition) is 0. The Balaban J connectivity index is 3.11. The van der Waals surface area contributed by atoms with Crippen molar-refractivity contribution in [3.8, 4) is 5.75 Å². The third-order valence-corrected chi connectivity index (χ3v) is 2.58. The highest BCUT2D eigenvalue weighted by molar-refractivity contribution is 5.94. The van der Waals surface area contributed by atoms with Gasteiger partial charge in [-0.15, -0.1) is 0 Å². The van der Waals surface area contributed by atoms with E-state index < -0.39 is 41.6 Å². The van der Waals surface area contributed by atoms with Gasteiger partial charge in [0.2, 0.25) is 0 Å². The van der Waals surface area contributed by atoms with Gasteiger partial charge < -0.3 is 9.47 Å². The summed E-state index contributed by atoms with van der Waals surface area (Å²) in [6, 6.07) is 3.06. The number of carbonyl (C=O) groups excluding carboxylic acids is 2. The monoisotopic (exact) mass is 354 g/mol. The summed E-state index contributed by atoms with van der Waals surface area (Å²) in [5.41, 5.74) is -1.36. The number of alkyl halides is 5. The number of ether oxygens (including phenoxy) is 2. The zero-order valence-electron chi connectivity index (χ0n) is 13.0. The fourth-order valence-corrected chi connectivity index (χ4v) is 1.49. The minimum absolute atomic E-state index is 0.00536. The second-order valence-corrected chi connectivity index (χ2v) is 5.87. The van der Waals surface area contributed by atoms with Gasteiger partial charge in [0.1, 0.15) is 23.2 Å². The first-order valence-electron chi connectivity index (χ1n) is 6.67. The first-order chi connectivity index (χ1) is 10.8. The maximum Gasteiger partial charge on any atom is 0.456 e. The van der Waals surface area contributed by atoms with E-state index in [0.29, 0.717) is 6.29 Å². The molecule has 1 aromatic carbocycles. The van der Waals surface area contributed by atoms with Gasteiger partial charge in [-0.3, -0.25) is 4.79 Å². The molecule has 0 bridgehead atoms. The highest BCUT2D eigenvalue weighted by Gasteiger charge is 2.58. The third kappa shape index (κ3) is 5.17. The molecule has 0 aliphatic rings. The van der Waals surface area contributed by atoms with E-state index in [9.17, 15) is 31.5 Å². The van der Waals surface area contributed by atoms with E-state index >= 15 is 0 Å². The summed E-state index contributed by atoms with van der Waals surface area (Å²) in [5, 5.41) is 0. The topological polar surface area (TPSA) is 52.6 Å². The van der Waals surface area contributed by atoms with Crippen molar-refractivity contribution in [2.75, 3.05) is 6.61 Å². The van der Waals surface area contributed by atoms with Gasteiger partial charge in [-0.2, -0.15) is 22.0 Å². The summed E-state index contributed by atoms with van der Waals surface area (Å²) in [6.07, 6.45) is -5.41. The second kappa shape index (κ2) is 6.74. The van der Waals surface area contributed by atoms with Crippen LogP contribution in [0, 0.1) is 0 Å². The number of benzene rings is 1. The quantitative estimate of drug-likeness (QED) is 0.455. The van der Waals surface area contributed by atoms with Crippen molar-refractivity contribution in [3.63, 3.8) is 0 Å². The highest BCUT2D eigenvalue weighted by atomic mass is 19.4. The van der Waals surface area contributed by atoms with Crippen LogP contribution in [0.2, 0.25) is 0 Å². The minimum Gasteiger partial charge on any atom is -0.486 e. The highest BCUT2D eigenvalue weighted by Crippen LogP contribution is 2.36. The van der Waals surface area contributed by atoms with Crippen molar-refractivity contribution in [1.82, 2.24) is 0 Å². The van der Waals surface area contributed by atoms with Crippen molar-refractivity contribution in [1.29, 1.82) is 0 Å². The van der Waals surface area contributed by atoms with Gasteiger partial charge in [0.15, 0.2) is 6.61 Å². The molecule has 134 valence electrons. The van der Waals surface area contributed by atoms with Gasteiger partial charge in [-0.05, 0) is 39.0 Å². The van der Waals surface area contributed by atoms with Gasteiger partial charge in [-0.1, -0.05) is 0 Å². The Hall–Kier alpha value is -2.19. The molecule has 0 aliphatic heterocycles. The lowest BCUT2D eigenvalue weighted by Gasteiger charge is -2.22. The summed E-state index contributed by atoms with van der Waals surface area (Å²) in [5.74, 6) is -6.66. The number of carbonyl (C=O) groups is 2. The van der Waals surface area contributed by atoms with E-state index in [4.69, 9.17) is 4.74 Å². The van der Waals surface area contributed by atoms with E-state index in [0.717, 1.165) is 18.2 Å². The lowest BCUT2D eigenvalue weighted by molar-refractivity contribution is -0.290. The molecule has 9 heteroatoms. The molecule has 0 radical (unpaired) electrons. The fraction of sp³-hybridized carbons (Fsp3) is 0.467. The third-order valence-electron chi connectivity index (χ3n) is 2.58. The smallest absolute Gasteiger partial charge is 0.456 e. The van der Waals surface area contributed by atoms with Crippen LogP contribution < -0.4 is 4.74 Å². The van der Waals surface area contributed by atoms with Crippen LogP contribution >= 0.6 is 0 Å². The van der Waals surface area contributed by atoms with Crippen LogP contribution in [0.15, 0.2) is 18.2 Å². The van der Waals surface area contributed by atoms with E-state index in [1.165, 1.54) is 20.8 Å². The van der Waals surface area contributed by atoms with Crippen molar-refractivity contribution >= 4 is 12.3 Å². The number of hydrogen-bond acceptors (Lipinski definition) is 4. The average molecular weight is 354 g/mol. The molecule has 0 aliphatic carbocycles. The number of esters is 1. The standard InChI is InChI=1S/C15H15F5O4/c1-13(2,3)24-12(22)10-6-9(7-21)4-5-11(10)23-8-14(16,17)15(18,19)20/h4-7H,8H2,1-3H3. The molecule has 1 rings (SSSR count). The van der Waals surface area contributed by atoms with Crippen LogP contribution in [0.25, 0.3) is 0 Å². The van der Waals surface area contributed by atoms with Crippen LogP contribution in [-0.4, -0.2) is 36.6 Å². The Kier molecular flexibility index (Phi) is 5.58. The zero-order chi connectivity index (χ0) is 18.8. The molecule has 0 saturated heterocycles. The molecule has 1 aromatic rings. The molecule has 0 saturated carbocycles. The summed E-state index contributed by atoms with van der Waals surface area (Å²) in [4.78, 5) is 22.8. The van der Waals surface area contributed by atoms with Crippen molar-refractivity contribution in [2.45, 2.75) is 38.5 Å². The molecule has 0 amide bonds. The molecule has 24 heavy (non-hydrogen) atoms. The Labute approximate surface area is 134 Å². The first kappa shape index (κ1) is 19.9. The second-order valence-electron chi connectivity index (χ2n) is 5.87. The summed E-state index contributed by atoms with van der Waals surface area (Å²) < 4.78 is 71.9. The van der Waals surface area contributed by atoms with Crippen molar-refractivity contribution in [2.24, 2.45) is 0 Å². The zero-order valence-corrected chi connectivity index (χ0v) is 13.0. The molecule has 0 aromatic heterocycles. The molecule has 0 fully saturated rings. The summed E-state index contributed by atoms with van der Waals surface area (Å²) >= 11 is 0. The van der Waals surface area contributed by atoms with Crippen LogP contribution in [0.3, 0.4) is 0 Å². The molecule has 0 N–H and O–H groups in total. The molecular weight excluding hydrogens is 339 g/mol. The molecule has 0 unspecified atom stereocenters. The lowest BCUT2D eigenvalue weighted by Crippen LogP contribution is -2.42. The van der Waals surface area contributed by atoms with Crippen LogP contribution in [0.5, 0.6) is 5.75 Å². The maximum atomic E-state index is 12.9. The maximum absolute atomic E-state index is 12.9. The summed E-state index contributed by atoms with van der Waals surface area (Å²) in [6.45, 7) is 2.60. The van der Waals surface area contributed by atoms with Crippen molar-refractivity contribution < 1.29 is 41.0 Å². The molecular formula is C15H15F5O4. The van der Waals surface area contributed by atoms with Crippen LogP contribution in [0.1, 0.15) is 41.5 Å². The first-order valence-corrected chi connectivity index (χ1v) is 6.67. The number of halogens is 5. The number of aldehydes is 1. The minimum atomic E-state index is -5.79. The molecule has 0 heterocycles.